The van der Waals surface area contributed by atoms with Gasteiger partial charge in [0.1, 0.15) is 17.1 Å². The van der Waals surface area contributed by atoms with Crippen LogP contribution in [-0.4, -0.2) is 39.1 Å². The first-order valence-corrected chi connectivity index (χ1v) is 7.13. The van der Waals surface area contributed by atoms with Crippen molar-refractivity contribution in [1.29, 1.82) is 0 Å². The smallest absolute Gasteiger partial charge is 0.277 e. The molecule has 0 saturated heterocycles. The average Bonchev–Trinajstić information content (AvgIpc) is 3.19. The number of aryl methyl sites for hydroxylation is 1. The summed E-state index contributed by atoms with van der Waals surface area (Å²) >= 11 is 0. The minimum absolute atomic E-state index is 0.0694. The maximum absolute atomic E-state index is 12.9. The molecule has 3 aromatic heterocycles. The molecule has 0 unspecified atom stereocenters. The van der Waals surface area contributed by atoms with E-state index in [0.29, 0.717) is 23.6 Å². The average molecular weight is 297 g/mol. The Kier molecular flexibility index (Phi) is 2.85. The molecule has 0 atom stereocenters. The molecule has 7 nitrogen and oxygen atoms in total. The molecule has 1 aliphatic heterocycles. The van der Waals surface area contributed by atoms with Crippen molar-refractivity contribution < 1.29 is 9.53 Å². The monoisotopic (exact) mass is 297 g/mol. The molecule has 4 rings (SSSR count). The highest BCUT2D eigenvalue weighted by Crippen LogP contribution is 2.26. The Bertz CT molecular complexity index is 851. The number of methoxy groups -OCH3 is 1. The van der Waals surface area contributed by atoms with Crippen LogP contribution in [-0.2, 0) is 6.42 Å². The summed E-state index contributed by atoms with van der Waals surface area (Å²) in [5, 5.41) is 7.00. The van der Waals surface area contributed by atoms with Gasteiger partial charge < -0.3 is 9.64 Å². The van der Waals surface area contributed by atoms with E-state index in [1.165, 1.54) is 0 Å². The van der Waals surface area contributed by atoms with E-state index in [4.69, 9.17) is 4.74 Å². The van der Waals surface area contributed by atoms with Crippen LogP contribution in [0.5, 0.6) is 5.75 Å². The molecule has 3 aromatic rings. The lowest BCUT2D eigenvalue weighted by molar-refractivity contribution is 0.0979. The third-order valence-corrected chi connectivity index (χ3v) is 3.98. The molecule has 0 aromatic carbocycles. The molecule has 1 N–H and O–H groups in total. The number of carbonyl (C=O) groups excluding carboxylic acids is 1. The number of amides is 1. The molecule has 0 saturated carbocycles. The zero-order chi connectivity index (χ0) is 15.1. The molecule has 112 valence electrons. The fourth-order valence-corrected chi connectivity index (χ4v) is 2.85. The van der Waals surface area contributed by atoms with Crippen molar-refractivity contribution in [2.45, 2.75) is 12.8 Å². The van der Waals surface area contributed by atoms with Gasteiger partial charge >= 0.3 is 0 Å². The summed E-state index contributed by atoms with van der Waals surface area (Å²) in [4.78, 5) is 18.9. The molecule has 0 bridgehead atoms. The van der Waals surface area contributed by atoms with E-state index in [9.17, 15) is 4.79 Å². The number of aromatic amines is 1. The van der Waals surface area contributed by atoms with Crippen molar-refractivity contribution in [1.82, 2.24) is 19.6 Å². The molecule has 1 aliphatic rings. The van der Waals surface area contributed by atoms with E-state index in [2.05, 4.69) is 15.2 Å². The highest BCUT2D eigenvalue weighted by Gasteiger charge is 2.27. The normalized spacial score (nSPS) is 14.1. The number of anilines is 1. The number of nitrogens with zero attached hydrogens (tertiary/aromatic N) is 4. The molecule has 0 radical (unpaired) electrons. The van der Waals surface area contributed by atoms with Crippen LogP contribution in [0.15, 0.2) is 30.7 Å². The summed E-state index contributed by atoms with van der Waals surface area (Å²) < 4.78 is 6.96. The number of imidazole rings is 1. The summed E-state index contributed by atoms with van der Waals surface area (Å²) in [6.07, 6.45) is 6.95. The summed E-state index contributed by atoms with van der Waals surface area (Å²) in [5.41, 5.74) is 3.09. The van der Waals surface area contributed by atoms with Gasteiger partial charge in [-0.3, -0.25) is 14.3 Å². The van der Waals surface area contributed by atoms with E-state index in [1.54, 1.807) is 41.1 Å². The Morgan fingerprint density at radius 1 is 1.41 bits per heavy atom. The standard InChI is InChI=1S/C15H15N5O2/c1-22-10-4-6-19-13(8-16-14(19)7-10)15(21)20-5-2-3-11-12(20)9-17-18-11/h4,6-9H,2-3,5H2,1H3,(H,17,18). The van der Waals surface area contributed by atoms with Crippen molar-refractivity contribution in [3.05, 3.63) is 42.1 Å². The number of hydrogen-bond donors (Lipinski definition) is 1. The summed E-state index contributed by atoms with van der Waals surface area (Å²) in [5.74, 6) is 0.646. The molecule has 0 spiro atoms. The van der Waals surface area contributed by atoms with Gasteiger partial charge in [0.15, 0.2) is 0 Å². The highest BCUT2D eigenvalue weighted by molar-refractivity contribution is 6.05. The van der Waals surface area contributed by atoms with Gasteiger partial charge in [0.05, 0.1) is 30.9 Å². The van der Waals surface area contributed by atoms with E-state index in [1.807, 2.05) is 6.07 Å². The first kappa shape index (κ1) is 12.9. The zero-order valence-corrected chi connectivity index (χ0v) is 12.1. The number of ether oxygens (including phenoxy) is 1. The molecular formula is C15H15N5O2. The number of nitrogens with one attached hydrogen (secondary N) is 1. The summed E-state index contributed by atoms with van der Waals surface area (Å²) in [6.45, 7) is 0.689. The van der Waals surface area contributed by atoms with Gasteiger partial charge in [-0.05, 0) is 18.9 Å². The molecule has 22 heavy (non-hydrogen) atoms. The first-order chi connectivity index (χ1) is 10.8. The lowest BCUT2D eigenvalue weighted by atomic mass is 10.1. The zero-order valence-electron chi connectivity index (χ0n) is 12.1. The van der Waals surface area contributed by atoms with Crippen LogP contribution in [0, 0.1) is 0 Å². The largest absolute Gasteiger partial charge is 0.497 e. The van der Waals surface area contributed by atoms with Crippen LogP contribution in [0.3, 0.4) is 0 Å². The molecule has 7 heteroatoms. The number of hydrogen-bond acceptors (Lipinski definition) is 4. The number of pyridine rings is 1. The number of rotatable bonds is 2. The van der Waals surface area contributed by atoms with Crippen molar-refractivity contribution in [3.63, 3.8) is 0 Å². The first-order valence-electron chi connectivity index (χ1n) is 7.13. The van der Waals surface area contributed by atoms with Crippen molar-refractivity contribution in [2.75, 3.05) is 18.6 Å². The summed E-state index contributed by atoms with van der Waals surface area (Å²) in [6, 6.07) is 3.61. The number of aromatic nitrogens is 4. The van der Waals surface area contributed by atoms with Gasteiger partial charge in [0.2, 0.25) is 0 Å². The Balaban J connectivity index is 1.75. The number of carbonyl (C=O) groups is 1. The Labute approximate surface area is 126 Å². The lowest BCUT2D eigenvalue weighted by Crippen LogP contribution is -2.35. The van der Waals surface area contributed by atoms with E-state index in [-0.39, 0.29) is 5.91 Å². The molecule has 0 aliphatic carbocycles. The topological polar surface area (TPSA) is 75.5 Å². The van der Waals surface area contributed by atoms with Crippen molar-refractivity contribution in [3.8, 4) is 5.75 Å². The van der Waals surface area contributed by atoms with Crippen LogP contribution in [0.2, 0.25) is 0 Å². The van der Waals surface area contributed by atoms with Crippen molar-refractivity contribution in [2.24, 2.45) is 0 Å². The maximum atomic E-state index is 12.9. The Hall–Kier alpha value is -2.83. The Morgan fingerprint density at radius 3 is 3.18 bits per heavy atom. The van der Waals surface area contributed by atoms with E-state index in [0.717, 1.165) is 24.2 Å². The van der Waals surface area contributed by atoms with Gasteiger partial charge in [-0.2, -0.15) is 5.10 Å². The molecular weight excluding hydrogens is 282 g/mol. The second-order valence-corrected chi connectivity index (χ2v) is 5.23. The predicted octanol–water partition coefficient (Wildman–Crippen LogP) is 1.66. The highest BCUT2D eigenvalue weighted by atomic mass is 16.5. The van der Waals surface area contributed by atoms with Gasteiger partial charge in [-0.1, -0.05) is 0 Å². The van der Waals surface area contributed by atoms with Gasteiger partial charge in [-0.25, -0.2) is 4.98 Å². The lowest BCUT2D eigenvalue weighted by Gasteiger charge is -2.26. The van der Waals surface area contributed by atoms with Crippen LogP contribution in [0.1, 0.15) is 22.6 Å². The molecule has 4 heterocycles. The van der Waals surface area contributed by atoms with Gasteiger partial charge in [0.25, 0.3) is 5.91 Å². The fourth-order valence-electron chi connectivity index (χ4n) is 2.85. The SMILES string of the molecule is COc1ccn2c(C(=O)N3CCCc4[nH]ncc43)cnc2c1. The van der Waals surface area contributed by atoms with E-state index >= 15 is 0 Å². The third-order valence-electron chi connectivity index (χ3n) is 3.98. The minimum Gasteiger partial charge on any atom is -0.497 e. The van der Waals surface area contributed by atoms with Crippen LogP contribution in [0.25, 0.3) is 5.65 Å². The van der Waals surface area contributed by atoms with E-state index < -0.39 is 0 Å². The fraction of sp³-hybridized carbons (Fsp3) is 0.267. The Morgan fingerprint density at radius 2 is 2.32 bits per heavy atom. The van der Waals surface area contributed by atoms with Crippen LogP contribution < -0.4 is 9.64 Å². The van der Waals surface area contributed by atoms with Gasteiger partial charge in [0, 0.05) is 18.8 Å². The van der Waals surface area contributed by atoms with Crippen LogP contribution >= 0.6 is 0 Å². The third kappa shape index (κ3) is 1.86. The minimum atomic E-state index is -0.0694. The number of fused-ring (bicyclic) bond motifs is 2. The second-order valence-electron chi connectivity index (χ2n) is 5.23. The molecule has 1 amide bonds. The van der Waals surface area contributed by atoms with Gasteiger partial charge in [-0.15, -0.1) is 0 Å². The van der Waals surface area contributed by atoms with Crippen molar-refractivity contribution >= 4 is 17.2 Å². The number of H-pyrrole nitrogens is 1. The summed E-state index contributed by atoms with van der Waals surface area (Å²) in [7, 11) is 1.61. The second kappa shape index (κ2) is 4.87. The predicted molar refractivity (Wildman–Crippen MR) is 80.3 cm³/mol. The quantitative estimate of drug-likeness (QED) is 0.780. The van der Waals surface area contributed by atoms with Crippen LogP contribution in [0.4, 0.5) is 5.69 Å². The molecule has 0 fully saturated rings. The maximum Gasteiger partial charge on any atom is 0.277 e.